The molecule has 0 spiro atoms. The van der Waals surface area contributed by atoms with Crippen LogP contribution in [0.2, 0.25) is 0 Å². The Kier molecular flexibility index (Phi) is 38.7. The minimum absolute atomic E-state index is 0.189. The second kappa shape index (κ2) is 40.4. The summed E-state index contributed by atoms with van der Waals surface area (Å²) >= 11 is 0. The van der Waals surface area contributed by atoms with Crippen molar-refractivity contribution >= 4 is 19.8 Å². The molecule has 0 saturated carbocycles. The molecular formula is C45H79O8P. The summed E-state index contributed by atoms with van der Waals surface area (Å²) in [5.41, 5.74) is 0. The smallest absolute Gasteiger partial charge is 0.462 e. The molecule has 9 heteroatoms. The quantitative estimate of drug-likeness (QED) is 0.0273. The fourth-order valence-electron chi connectivity index (χ4n) is 5.93. The van der Waals surface area contributed by atoms with Crippen molar-refractivity contribution in [3.8, 4) is 0 Å². The van der Waals surface area contributed by atoms with Gasteiger partial charge >= 0.3 is 19.8 Å². The number of unbranched alkanes of at least 4 members (excludes halogenated alkanes) is 21. The first-order chi connectivity index (χ1) is 26.3. The number of esters is 2. The van der Waals surface area contributed by atoms with Gasteiger partial charge in [0.2, 0.25) is 0 Å². The first-order valence-corrected chi connectivity index (χ1v) is 23.1. The highest BCUT2D eigenvalue weighted by molar-refractivity contribution is 7.46. The lowest BCUT2D eigenvalue weighted by Gasteiger charge is -2.18. The number of hydrogen-bond acceptors (Lipinski definition) is 6. The van der Waals surface area contributed by atoms with Crippen molar-refractivity contribution in [1.82, 2.24) is 0 Å². The number of phosphoric ester groups is 1. The van der Waals surface area contributed by atoms with Crippen LogP contribution in [0.15, 0.2) is 61.3 Å². The van der Waals surface area contributed by atoms with Crippen LogP contribution in [0.5, 0.6) is 0 Å². The van der Waals surface area contributed by atoms with E-state index in [1.807, 2.05) is 12.2 Å². The van der Waals surface area contributed by atoms with E-state index < -0.39 is 32.5 Å². The monoisotopic (exact) mass is 779 g/mol. The summed E-state index contributed by atoms with van der Waals surface area (Å²) in [5, 5.41) is 0. The molecule has 0 unspecified atom stereocenters. The Morgan fingerprint density at radius 2 is 0.944 bits per heavy atom. The Bertz CT molecular complexity index is 1040. The summed E-state index contributed by atoms with van der Waals surface area (Å²) in [5.74, 6) is -0.953. The van der Waals surface area contributed by atoms with Crippen molar-refractivity contribution in [1.29, 1.82) is 0 Å². The van der Waals surface area contributed by atoms with Crippen molar-refractivity contribution in [3.05, 3.63) is 61.3 Å². The zero-order chi connectivity index (χ0) is 39.6. The average Bonchev–Trinajstić information content (AvgIpc) is 3.14. The summed E-state index contributed by atoms with van der Waals surface area (Å²) in [4.78, 5) is 42.8. The molecule has 0 aliphatic rings. The maximum atomic E-state index is 12.4. The zero-order valence-electron chi connectivity index (χ0n) is 34.2. The maximum absolute atomic E-state index is 12.4. The fourth-order valence-corrected chi connectivity index (χ4v) is 6.29. The van der Waals surface area contributed by atoms with E-state index in [2.05, 4.69) is 60.6 Å². The van der Waals surface area contributed by atoms with Gasteiger partial charge in [0.05, 0.1) is 6.61 Å². The van der Waals surface area contributed by atoms with Crippen molar-refractivity contribution in [2.75, 3.05) is 13.2 Å². The van der Waals surface area contributed by atoms with Gasteiger partial charge in [-0.05, 0) is 64.2 Å². The number of hydrogen-bond donors (Lipinski definition) is 2. The van der Waals surface area contributed by atoms with Gasteiger partial charge < -0.3 is 19.3 Å². The lowest BCUT2D eigenvalue weighted by atomic mass is 10.0. The van der Waals surface area contributed by atoms with E-state index in [1.165, 1.54) is 109 Å². The summed E-state index contributed by atoms with van der Waals surface area (Å²) in [6, 6.07) is 0. The van der Waals surface area contributed by atoms with E-state index in [4.69, 9.17) is 19.3 Å². The summed E-state index contributed by atoms with van der Waals surface area (Å²) in [7, 11) is -4.77. The Morgan fingerprint density at radius 3 is 1.43 bits per heavy atom. The van der Waals surface area contributed by atoms with Gasteiger partial charge in [-0.15, -0.1) is 6.58 Å². The number of ether oxygens (including phenoxy) is 2. The predicted octanol–water partition coefficient (Wildman–Crippen LogP) is 13.3. The zero-order valence-corrected chi connectivity index (χ0v) is 35.1. The normalized spacial score (nSPS) is 12.8. The van der Waals surface area contributed by atoms with Crippen LogP contribution in [-0.2, 0) is 28.2 Å². The number of carbonyl (C=O) groups excluding carboxylic acids is 2. The molecule has 0 fully saturated rings. The van der Waals surface area contributed by atoms with E-state index in [0.717, 1.165) is 51.4 Å². The Morgan fingerprint density at radius 1 is 0.537 bits per heavy atom. The van der Waals surface area contributed by atoms with Gasteiger partial charge in [0, 0.05) is 12.8 Å². The average molecular weight is 779 g/mol. The largest absolute Gasteiger partial charge is 0.469 e. The third kappa shape index (κ3) is 42.5. The van der Waals surface area contributed by atoms with Crippen LogP contribution in [-0.4, -0.2) is 41.0 Å². The predicted molar refractivity (Wildman–Crippen MR) is 225 cm³/mol. The van der Waals surface area contributed by atoms with Crippen molar-refractivity contribution in [3.63, 3.8) is 0 Å². The van der Waals surface area contributed by atoms with Crippen LogP contribution in [0, 0.1) is 0 Å². The van der Waals surface area contributed by atoms with Gasteiger partial charge in [-0.1, -0.05) is 171 Å². The van der Waals surface area contributed by atoms with Gasteiger partial charge in [0.15, 0.2) is 6.10 Å². The number of phosphoric acid groups is 1. The highest BCUT2D eigenvalue weighted by Gasteiger charge is 2.22. The Balaban J connectivity index is 3.99. The molecule has 0 rings (SSSR count). The molecular weight excluding hydrogens is 699 g/mol. The highest BCUT2D eigenvalue weighted by Crippen LogP contribution is 2.36. The molecule has 0 aliphatic carbocycles. The van der Waals surface area contributed by atoms with Crippen molar-refractivity contribution in [2.24, 2.45) is 0 Å². The Labute approximate surface area is 330 Å². The first kappa shape index (κ1) is 51.8. The highest BCUT2D eigenvalue weighted by atomic mass is 31.2. The van der Waals surface area contributed by atoms with Crippen LogP contribution in [0.1, 0.15) is 193 Å². The van der Waals surface area contributed by atoms with Crippen LogP contribution >= 0.6 is 7.82 Å². The van der Waals surface area contributed by atoms with E-state index in [9.17, 15) is 14.2 Å². The third-order valence-electron chi connectivity index (χ3n) is 9.16. The number of allylic oxidation sites excluding steroid dienone is 9. The van der Waals surface area contributed by atoms with Gasteiger partial charge in [0.1, 0.15) is 6.61 Å². The lowest BCUT2D eigenvalue weighted by molar-refractivity contribution is -0.161. The standard InChI is InChI=1S/C45H79O8P/c1-3-5-7-9-11-13-15-17-19-20-21-22-23-24-26-27-29-31-33-35-37-39-44(46)51-41-43(42-52-54(48,49)50)53-45(47)40-38-36-34-32-30-28-25-18-16-14-12-10-8-6-4-2/h4,19-20,22-23,26-27,31,33,43H,2-3,5-18,21,24-25,28-30,32,34-42H2,1H3,(H2,48,49,50)/b20-19+,23-22+,27-26+,33-31+/t43-/m1/s1. The molecule has 312 valence electrons. The lowest BCUT2D eigenvalue weighted by Crippen LogP contribution is -2.29. The van der Waals surface area contributed by atoms with E-state index in [-0.39, 0.29) is 19.4 Å². The second-order valence-electron chi connectivity index (χ2n) is 14.4. The molecule has 1 atom stereocenters. The molecule has 8 nitrogen and oxygen atoms in total. The minimum Gasteiger partial charge on any atom is -0.462 e. The Hall–Kier alpha value is -2.25. The van der Waals surface area contributed by atoms with Gasteiger partial charge in [-0.2, -0.15) is 0 Å². The van der Waals surface area contributed by atoms with Gasteiger partial charge in [-0.25, -0.2) is 4.57 Å². The molecule has 0 bridgehead atoms. The summed E-state index contributed by atoms with van der Waals surface area (Å²) in [6.45, 7) is 5.15. The van der Waals surface area contributed by atoms with Crippen molar-refractivity contribution < 1.29 is 37.9 Å². The molecule has 0 aromatic rings. The molecule has 0 heterocycles. The van der Waals surface area contributed by atoms with E-state index in [1.54, 1.807) is 0 Å². The number of rotatable bonds is 40. The second-order valence-corrected chi connectivity index (χ2v) is 15.6. The number of carbonyl (C=O) groups is 2. The first-order valence-electron chi connectivity index (χ1n) is 21.5. The van der Waals surface area contributed by atoms with E-state index in [0.29, 0.717) is 12.8 Å². The van der Waals surface area contributed by atoms with Crippen LogP contribution < -0.4 is 0 Å². The third-order valence-corrected chi connectivity index (χ3v) is 9.64. The van der Waals surface area contributed by atoms with Crippen LogP contribution in [0.4, 0.5) is 0 Å². The van der Waals surface area contributed by atoms with Gasteiger partial charge in [-0.3, -0.25) is 14.1 Å². The van der Waals surface area contributed by atoms with Gasteiger partial charge in [0.25, 0.3) is 0 Å². The molecule has 0 saturated heterocycles. The molecule has 2 N–H and O–H groups in total. The summed E-state index contributed by atoms with van der Waals surface area (Å²) < 4.78 is 26.3. The molecule has 0 radical (unpaired) electrons. The fraction of sp³-hybridized carbons (Fsp3) is 0.733. The van der Waals surface area contributed by atoms with Crippen LogP contribution in [0.3, 0.4) is 0 Å². The molecule has 54 heavy (non-hydrogen) atoms. The minimum atomic E-state index is -4.77. The van der Waals surface area contributed by atoms with Crippen molar-refractivity contribution in [2.45, 2.75) is 199 Å². The molecule has 0 aromatic heterocycles. The maximum Gasteiger partial charge on any atom is 0.469 e. The molecule has 0 amide bonds. The van der Waals surface area contributed by atoms with E-state index >= 15 is 0 Å². The SMILES string of the molecule is C=CCCCCCCCCCCCCCCCC(=O)O[C@H](COC(=O)CCC/C=C/C/C=C/C/C=C/C/C=C/CCCCCCCCC)COP(=O)(O)O. The summed E-state index contributed by atoms with van der Waals surface area (Å²) in [6.07, 6.45) is 49.9. The van der Waals surface area contributed by atoms with Crippen LogP contribution in [0.25, 0.3) is 0 Å². The molecule has 0 aliphatic heterocycles. The topological polar surface area (TPSA) is 119 Å². The molecule has 0 aromatic carbocycles.